The van der Waals surface area contributed by atoms with Gasteiger partial charge in [0, 0.05) is 0 Å². The predicted molar refractivity (Wildman–Crippen MR) is 81.6 cm³/mol. The normalized spacial score (nSPS) is 24.3. The van der Waals surface area contributed by atoms with Crippen molar-refractivity contribution in [1.29, 1.82) is 0 Å². The molecule has 1 fully saturated rings. The Morgan fingerprint density at radius 1 is 1.42 bits per heavy atom. The molecule has 19 heavy (non-hydrogen) atoms. The molecule has 1 aromatic heterocycles. The number of sulfone groups is 1. The summed E-state index contributed by atoms with van der Waals surface area (Å²) in [7, 11) is -3.31. The average molecular weight is 365 g/mol. The van der Waals surface area contributed by atoms with Crippen LogP contribution in [0.1, 0.15) is 42.3 Å². The first-order chi connectivity index (χ1) is 8.88. The summed E-state index contributed by atoms with van der Waals surface area (Å²) in [5, 5.41) is -0.330. The first-order valence-electron chi connectivity index (χ1n) is 6.38. The highest BCUT2D eigenvalue weighted by molar-refractivity contribution is 9.11. The van der Waals surface area contributed by atoms with Gasteiger partial charge in [-0.15, -0.1) is 11.3 Å². The second kappa shape index (κ2) is 6.06. The molecule has 1 aliphatic rings. The molecule has 0 aromatic carbocycles. The highest BCUT2D eigenvalue weighted by Gasteiger charge is 2.32. The fourth-order valence-electron chi connectivity index (χ4n) is 2.54. The lowest BCUT2D eigenvalue weighted by Gasteiger charge is -2.26. The van der Waals surface area contributed by atoms with Crippen molar-refractivity contribution in [3.63, 3.8) is 0 Å². The SMILES string of the molecule is CC1CCCC(S(=O)(=O)CC(=O)c2ccc(Br)s2)C1. The summed E-state index contributed by atoms with van der Waals surface area (Å²) in [6, 6.07) is 3.45. The van der Waals surface area contributed by atoms with E-state index < -0.39 is 9.84 Å². The monoisotopic (exact) mass is 364 g/mol. The fourth-order valence-corrected chi connectivity index (χ4v) is 5.86. The van der Waals surface area contributed by atoms with Gasteiger partial charge in [-0.3, -0.25) is 4.79 Å². The molecule has 0 aliphatic heterocycles. The minimum absolute atomic E-state index is 0.283. The fraction of sp³-hybridized carbons (Fsp3) is 0.615. The average Bonchev–Trinajstić information content (AvgIpc) is 2.75. The molecule has 0 amide bonds. The van der Waals surface area contributed by atoms with Gasteiger partial charge in [0.25, 0.3) is 0 Å². The molecule has 1 aromatic rings. The van der Waals surface area contributed by atoms with E-state index in [0.29, 0.717) is 23.6 Å². The third-order valence-corrected chi connectivity index (χ3v) is 7.35. The van der Waals surface area contributed by atoms with E-state index in [1.165, 1.54) is 11.3 Å². The van der Waals surface area contributed by atoms with Crippen molar-refractivity contribution >= 4 is 42.9 Å². The Kier molecular flexibility index (Phi) is 4.84. The quantitative estimate of drug-likeness (QED) is 0.765. The lowest BCUT2D eigenvalue weighted by molar-refractivity contribution is 0.102. The van der Waals surface area contributed by atoms with E-state index in [9.17, 15) is 13.2 Å². The third-order valence-electron chi connectivity index (χ3n) is 3.58. The number of carbonyl (C=O) groups excluding carboxylic acids is 1. The number of halogens is 1. The molecule has 0 radical (unpaired) electrons. The Morgan fingerprint density at radius 2 is 2.16 bits per heavy atom. The Balaban J connectivity index is 2.06. The molecule has 2 atom stereocenters. The maximum absolute atomic E-state index is 12.3. The summed E-state index contributed by atoms with van der Waals surface area (Å²) >= 11 is 4.57. The predicted octanol–water partition coefficient (Wildman–Crippen LogP) is 3.69. The second-order valence-corrected chi connectivity index (χ2v) is 9.97. The summed E-state index contributed by atoms with van der Waals surface area (Å²) in [5.74, 6) is -0.189. The molecule has 1 saturated carbocycles. The molecular weight excluding hydrogens is 348 g/mol. The summed E-state index contributed by atoms with van der Waals surface area (Å²) in [5.41, 5.74) is 0. The van der Waals surface area contributed by atoms with E-state index in [2.05, 4.69) is 22.9 Å². The lowest BCUT2D eigenvalue weighted by Crippen LogP contribution is -2.31. The van der Waals surface area contributed by atoms with Crippen molar-refractivity contribution in [2.24, 2.45) is 5.92 Å². The Morgan fingerprint density at radius 3 is 2.74 bits per heavy atom. The van der Waals surface area contributed by atoms with Crippen LogP contribution >= 0.6 is 27.3 Å². The van der Waals surface area contributed by atoms with Gasteiger partial charge < -0.3 is 0 Å². The molecule has 0 N–H and O–H groups in total. The van der Waals surface area contributed by atoms with Crippen molar-refractivity contribution in [2.45, 2.75) is 37.9 Å². The maximum Gasteiger partial charge on any atom is 0.187 e. The van der Waals surface area contributed by atoms with Crippen molar-refractivity contribution in [2.75, 3.05) is 5.75 Å². The maximum atomic E-state index is 12.3. The van der Waals surface area contributed by atoms with Gasteiger partial charge in [-0.1, -0.05) is 19.8 Å². The first kappa shape index (κ1) is 15.2. The van der Waals surface area contributed by atoms with Gasteiger partial charge in [0.1, 0.15) is 5.75 Å². The Labute approximate surface area is 126 Å². The van der Waals surface area contributed by atoms with E-state index in [-0.39, 0.29) is 16.8 Å². The number of hydrogen-bond donors (Lipinski definition) is 0. The van der Waals surface area contributed by atoms with Crippen LogP contribution < -0.4 is 0 Å². The van der Waals surface area contributed by atoms with E-state index in [1.807, 2.05) is 0 Å². The second-order valence-electron chi connectivity index (χ2n) is 5.23. The summed E-state index contributed by atoms with van der Waals surface area (Å²) in [6.07, 6.45) is 3.44. The summed E-state index contributed by atoms with van der Waals surface area (Å²) < 4.78 is 25.4. The molecule has 6 heteroatoms. The van der Waals surface area contributed by atoms with Gasteiger partial charge in [0.15, 0.2) is 15.6 Å². The van der Waals surface area contributed by atoms with Crippen molar-refractivity contribution in [3.8, 4) is 0 Å². The zero-order chi connectivity index (χ0) is 14.0. The summed E-state index contributed by atoms with van der Waals surface area (Å²) in [6.45, 7) is 2.08. The van der Waals surface area contributed by atoms with Crippen LogP contribution in [-0.4, -0.2) is 25.2 Å². The zero-order valence-corrected chi connectivity index (χ0v) is 14.0. The van der Waals surface area contributed by atoms with Crippen molar-refractivity contribution in [1.82, 2.24) is 0 Å². The molecule has 0 bridgehead atoms. The van der Waals surface area contributed by atoms with E-state index in [0.717, 1.165) is 16.6 Å². The molecular formula is C13H17BrO3S2. The van der Waals surface area contributed by atoms with Crippen LogP contribution in [-0.2, 0) is 9.84 Å². The van der Waals surface area contributed by atoms with Gasteiger partial charge in [-0.2, -0.15) is 0 Å². The molecule has 3 nitrogen and oxygen atoms in total. The Bertz CT molecular complexity index is 562. The van der Waals surface area contributed by atoms with Crippen LogP contribution in [0.4, 0.5) is 0 Å². The van der Waals surface area contributed by atoms with E-state index >= 15 is 0 Å². The topological polar surface area (TPSA) is 51.2 Å². The third kappa shape index (κ3) is 3.89. The van der Waals surface area contributed by atoms with Gasteiger partial charge in [0.2, 0.25) is 0 Å². The number of ketones is 1. The first-order valence-corrected chi connectivity index (χ1v) is 9.71. The Hall–Kier alpha value is -0.200. The van der Waals surface area contributed by atoms with Crippen LogP contribution in [0.25, 0.3) is 0 Å². The van der Waals surface area contributed by atoms with E-state index in [4.69, 9.17) is 0 Å². The molecule has 106 valence electrons. The van der Waals surface area contributed by atoms with Crippen molar-refractivity contribution in [3.05, 3.63) is 20.8 Å². The molecule has 2 unspecified atom stereocenters. The number of hydrogen-bond acceptors (Lipinski definition) is 4. The van der Waals surface area contributed by atoms with Gasteiger partial charge >= 0.3 is 0 Å². The zero-order valence-electron chi connectivity index (χ0n) is 10.8. The van der Waals surface area contributed by atoms with Crippen LogP contribution in [0.15, 0.2) is 15.9 Å². The minimum Gasteiger partial charge on any atom is -0.292 e. The van der Waals surface area contributed by atoms with Crippen LogP contribution in [0, 0.1) is 5.92 Å². The van der Waals surface area contributed by atoms with Gasteiger partial charge in [-0.05, 0) is 46.8 Å². The molecule has 1 heterocycles. The smallest absolute Gasteiger partial charge is 0.187 e. The lowest BCUT2D eigenvalue weighted by atomic mass is 9.91. The number of Topliss-reactive ketones (excluding diaryl/α,β-unsaturated/α-hetero) is 1. The van der Waals surface area contributed by atoms with Crippen LogP contribution in [0.5, 0.6) is 0 Å². The van der Waals surface area contributed by atoms with E-state index in [1.54, 1.807) is 12.1 Å². The van der Waals surface area contributed by atoms with Crippen molar-refractivity contribution < 1.29 is 13.2 Å². The molecule has 0 saturated heterocycles. The molecule has 2 rings (SSSR count). The van der Waals surface area contributed by atoms with Gasteiger partial charge in [0.05, 0.1) is 13.9 Å². The molecule has 1 aliphatic carbocycles. The number of carbonyl (C=O) groups is 1. The minimum atomic E-state index is -3.31. The largest absolute Gasteiger partial charge is 0.292 e. The number of thiophene rings is 1. The highest BCUT2D eigenvalue weighted by atomic mass is 79.9. The van der Waals surface area contributed by atoms with Gasteiger partial charge in [-0.25, -0.2) is 8.42 Å². The van der Waals surface area contributed by atoms with Crippen LogP contribution in [0.2, 0.25) is 0 Å². The standard InChI is InChI=1S/C13H17BrO3S2/c1-9-3-2-4-10(7-9)19(16,17)8-11(15)12-5-6-13(14)18-12/h5-6,9-10H,2-4,7-8H2,1H3. The van der Waals surface area contributed by atoms with Crippen LogP contribution in [0.3, 0.4) is 0 Å². The highest BCUT2D eigenvalue weighted by Crippen LogP contribution is 2.29. The summed E-state index contributed by atoms with van der Waals surface area (Å²) in [4.78, 5) is 12.5. The molecule has 0 spiro atoms. The number of rotatable bonds is 4.